The van der Waals surface area contributed by atoms with E-state index in [4.69, 9.17) is 19.0 Å². The van der Waals surface area contributed by atoms with Gasteiger partial charge in [0, 0.05) is 23.5 Å². The molecule has 1 atom stereocenters. The Morgan fingerprint density at radius 3 is 2.53 bits per heavy atom. The molecule has 0 radical (unpaired) electrons. The van der Waals surface area contributed by atoms with Crippen molar-refractivity contribution >= 4 is 27.9 Å². The summed E-state index contributed by atoms with van der Waals surface area (Å²) in [5.41, 5.74) is 5.24. The van der Waals surface area contributed by atoms with Gasteiger partial charge in [0.25, 0.3) is 21.8 Å². The van der Waals surface area contributed by atoms with Crippen molar-refractivity contribution in [2.24, 2.45) is 0 Å². The number of hydrogen-bond acceptors (Lipinski definition) is 9. The number of amides is 2. The number of aromatic nitrogens is 1. The zero-order valence-corrected chi connectivity index (χ0v) is 25.2. The largest absolute Gasteiger partial charge is 0.475 e. The smallest absolute Gasteiger partial charge is 0.279 e. The van der Waals surface area contributed by atoms with Crippen molar-refractivity contribution in [1.82, 2.24) is 15.2 Å². The van der Waals surface area contributed by atoms with E-state index in [0.717, 1.165) is 11.0 Å². The van der Waals surface area contributed by atoms with Gasteiger partial charge in [0.15, 0.2) is 11.5 Å². The first-order chi connectivity index (χ1) is 21.8. The van der Waals surface area contributed by atoms with Crippen LogP contribution in [0, 0.1) is 0 Å². The number of hydroxylamine groups is 1. The summed E-state index contributed by atoms with van der Waals surface area (Å²) in [5, 5.41) is 0.896. The second-order valence-electron chi connectivity index (χ2n) is 9.98. The molecule has 0 saturated heterocycles. The lowest BCUT2D eigenvalue weighted by Crippen LogP contribution is -2.36. The number of aryl methyl sites for hydroxylation is 1. The maximum atomic E-state index is 13.5. The van der Waals surface area contributed by atoms with Crippen LogP contribution in [0.1, 0.15) is 52.1 Å². The SMILES string of the molecule is CCCc1cc(C(=O)NOCc2ccccc2)ccc1OC(C(=O)NS(=O)(=O)/C=C/c1ccncc1)c1ccc2c(c1)OCO2. The average Bonchev–Trinajstić information content (AvgIpc) is 3.52. The van der Waals surface area contributed by atoms with Gasteiger partial charge in [0.05, 0.1) is 12.0 Å². The molecule has 1 aliphatic rings. The molecule has 232 valence electrons. The highest BCUT2D eigenvalue weighted by Crippen LogP contribution is 2.36. The van der Waals surface area contributed by atoms with Crippen LogP contribution in [0.2, 0.25) is 0 Å². The Hall–Kier alpha value is -5.20. The predicted octanol–water partition coefficient (Wildman–Crippen LogP) is 4.86. The van der Waals surface area contributed by atoms with E-state index in [1.54, 1.807) is 48.5 Å². The molecule has 12 heteroatoms. The fraction of sp³-hybridized carbons (Fsp3) is 0.182. The van der Waals surface area contributed by atoms with Crippen molar-refractivity contribution in [3.63, 3.8) is 0 Å². The maximum Gasteiger partial charge on any atom is 0.279 e. The summed E-state index contributed by atoms with van der Waals surface area (Å²) in [6, 6.07) is 22.2. The Bertz CT molecular complexity index is 1780. The molecule has 5 rings (SSSR count). The van der Waals surface area contributed by atoms with Crippen LogP contribution >= 0.6 is 0 Å². The second-order valence-corrected chi connectivity index (χ2v) is 11.5. The van der Waals surface area contributed by atoms with Gasteiger partial charge in [-0.3, -0.25) is 19.4 Å². The third-order valence-corrected chi connectivity index (χ3v) is 7.64. The molecule has 2 N–H and O–H groups in total. The lowest BCUT2D eigenvalue weighted by atomic mass is 10.0. The molecule has 2 amide bonds. The first-order valence-corrected chi connectivity index (χ1v) is 15.7. The number of benzene rings is 3. The van der Waals surface area contributed by atoms with Gasteiger partial charge < -0.3 is 14.2 Å². The van der Waals surface area contributed by atoms with Gasteiger partial charge in [-0.05, 0) is 71.7 Å². The molecule has 1 aromatic heterocycles. The summed E-state index contributed by atoms with van der Waals surface area (Å²) in [5.74, 6) is -0.187. The Morgan fingerprint density at radius 1 is 0.978 bits per heavy atom. The van der Waals surface area contributed by atoms with Gasteiger partial charge in [-0.15, -0.1) is 0 Å². The van der Waals surface area contributed by atoms with Gasteiger partial charge in [0.2, 0.25) is 12.9 Å². The lowest BCUT2D eigenvalue weighted by Gasteiger charge is -2.21. The Labute approximate surface area is 260 Å². The fourth-order valence-corrected chi connectivity index (χ4v) is 5.26. The standard InChI is InChI=1S/C33H31N3O8S/c1-2-6-25-19-27(32(37)35-43-21-24-7-4-3-5-8-24)10-11-28(25)44-31(26-9-12-29-30(20-26)42-22-41-29)33(38)36-45(39,40)18-15-23-13-16-34-17-14-23/h3-5,7-20,31H,2,6,21-22H2,1H3,(H,35,37)(H,36,38)/b18-15+. The van der Waals surface area contributed by atoms with E-state index in [0.29, 0.717) is 52.3 Å². The minimum atomic E-state index is -4.21. The number of fused-ring (bicyclic) bond motifs is 1. The number of ether oxygens (including phenoxy) is 3. The molecule has 0 aliphatic carbocycles. The average molecular weight is 630 g/mol. The number of carbonyl (C=O) groups excluding carboxylic acids is 2. The molecule has 11 nitrogen and oxygen atoms in total. The molecule has 1 aliphatic heterocycles. The number of nitrogens with one attached hydrogen (secondary N) is 2. The van der Waals surface area contributed by atoms with Crippen molar-refractivity contribution in [1.29, 1.82) is 0 Å². The number of hydrogen-bond donors (Lipinski definition) is 2. The highest BCUT2D eigenvalue weighted by Gasteiger charge is 2.29. The first kappa shape index (κ1) is 31.2. The van der Waals surface area contributed by atoms with E-state index in [2.05, 4.69) is 15.2 Å². The maximum absolute atomic E-state index is 13.5. The van der Waals surface area contributed by atoms with Crippen molar-refractivity contribution < 1.29 is 37.1 Å². The molecule has 0 saturated carbocycles. The fourth-order valence-electron chi connectivity index (χ4n) is 4.47. The highest BCUT2D eigenvalue weighted by molar-refractivity contribution is 7.93. The van der Waals surface area contributed by atoms with Gasteiger partial charge in [-0.2, -0.15) is 0 Å². The van der Waals surface area contributed by atoms with Crippen LogP contribution in [0.3, 0.4) is 0 Å². The topological polar surface area (TPSA) is 142 Å². The van der Waals surface area contributed by atoms with Crippen molar-refractivity contribution in [3.8, 4) is 17.2 Å². The first-order valence-electron chi connectivity index (χ1n) is 14.1. The number of pyridine rings is 1. The van der Waals surface area contributed by atoms with Gasteiger partial charge in [0.1, 0.15) is 5.75 Å². The molecule has 45 heavy (non-hydrogen) atoms. The Morgan fingerprint density at radius 2 is 1.76 bits per heavy atom. The van der Waals surface area contributed by atoms with E-state index >= 15 is 0 Å². The van der Waals surface area contributed by atoms with Crippen molar-refractivity contribution in [2.75, 3.05) is 6.79 Å². The molecule has 0 bridgehead atoms. The molecule has 3 aromatic carbocycles. The quantitative estimate of drug-likeness (QED) is 0.198. The number of carbonyl (C=O) groups is 2. The molecule has 1 unspecified atom stereocenters. The Balaban J connectivity index is 1.37. The van der Waals surface area contributed by atoms with Gasteiger partial charge in [-0.1, -0.05) is 49.7 Å². The third kappa shape index (κ3) is 8.46. The number of sulfonamides is 1. The molecule has 0 spiro atoms. The molecule has 4 aromatic rings. The van der Waals surface area contributed by atoms with Gasteiger partial charge in [-0.25, -0.2) is 18.6 Å². The third-order valence-electron chi connectivity index (χ3n) is 6.66. The minimum absolute atomic E-state index is 0.0178. The summed E-state index contributed by atoms with van der Waals surface area (Å²) in [6.07, 6.45) is 4.22. The summed E-state index contributed by atoms with van der Waals surface area (Å²) >= 11 is 0. The van der Waals surface area contributed by atoms with Crippen LogP contribution in [-0.2, 0) is 32.7 Å². The zero-order chi connectivity index (χ0) is 31.6. The number of nitrogens with zero attached hydrogens (tertiary/aromatic N) is 1. The molecule has 2 heterocycles. The summed E-state index contributed by atoms with van der Waals surface area (Å²) in [7, 11) is -4.21. The van der Waals surface area contributed by atoms with Crippen LogP contribution in [0.25, 0.3) is 6.08 Å². The predicted molar refractivity (Wildman–Crippen MR) is 165 cm³/mol. The zero-order valence-electron chi connectivity index (χ0n) is 24.3. The van der Waals surface area contributed by atoms with Crippen molar-refractivity contribution in [2.45, 2.75) is 32.5 Å². The van der Waals surface area contributed by atoms with Crippen LogP contribution in [-0.4, -0.2) is 32.0 Å². The van der Waals surface area contributed by atoms with Crippen molar-refractivity contribution in [3.05, 3.63) is 124 Å². The van der Waals surface area contributed by atoms with Crippen LogP contribution < -0.4 is 24.4 Å². The molecule has 0 fully saturated rings. The Kier molecular flexibility index (Phi) is 10.1. The molecular weight excluding hydrogens is 598 g/mol. The van der Waals surface area contributed by atoms with Crippen LogP contribution in [0.15, 0.2) is 96.7 Å². The van der Waals surface area contributed by atoms with E-state index in [9.17, 15) is 18.0 Å². The summed E-state index contributed by atoms with van der Waals surface area (Å²) in [4.78, 5) is 35.7. The second kappa shape index (κ2) is 14.5. The van der Waals surface area contributed by atoms with Gasteiger partial charge >= 0.3 is 0 Å². The van der Waals surface area contributed by atoms with E-state index in [-0.39, 0.29) is 13.4 Å². The molecular formula is C33H31N3O8S. The summed E-state index contributed by atoms with van der Waals surface area (Å²) < 4.78 is 44.9. The van der Waals surface area contributed by atoms with Crippen LogP contribution in [0.4, 0.5) is 0 Å². The van der Waals surface area contributed by atoms with Crippen LogP contribution in [0.5, 0.6) is 17.2 Å². The van der Waals surface area contributed by atoms with E-state index in [1.165, 1.54) is 18.5 Å². The minimum Gasteiger partial charge on any atom is -0.475 e. The normalized spacial score (nSPS) is 12.9. The number of rotatable bonds is 13. The summed E-state index contributed by atoms with van der Waals surface area (Å²) in [6.45, 7) is 2.18. The van der Waals surface area contributed by atoms with E-state index in [1.807, 2.05) is 37.3 Å². The monoisotopic (exact) mass is 629 g/mol. The van der Waals surface area contributed by atoms with E-state index < -0.39 is 27.9 Å². The lowest BCUT2D eigenvalue weighted by molar-refractivity contribution is -0.126. The highest BCUT2D eigenvalue weighted by atomic mass is 32.2.